The number of hydrogen-bond donors (Lipinski definition) is 2. The molecule has 3 rings (SSSR count). The van der Waals surface area contributed by atoms with E-state index >= 15 is 0 Å². The second kappa shape index (κ2) is 8.34. The van der Waals surface area contributed by atoms with Crippen molar-refractivity contribution in [1.29, 1.82) is 0 Å². The highest BCUT2D eigenvalue weighted by Crippen LogP contribution is 2.23. The van der Waals surface area contributed by atoms with Crippen molar-refractivity contribution >= 4 is 11.9 Å². The first kappa shape index (κ1) is 19.1. The van der Waals surface area contributed by atoms with Gasteiger partial charge < -0.3 is 15.2 Å². The van der Waals surface area contributed by atoms with Gasteiger partial charge >= 0.3 is 5.97 Å². The van der Waals surface area contributed by atoms with Gasteiger partial charge in [0.05, 0.1) is 12.8 Å². The minimum Gasteiger partial charge on any atom is -0.497 e. The first-order chi connectivity index (χ1) is 13.5. The highest BCUT2D eigenvalue weighted by Gasteiger charge is 2.17. The summed E-state index contributed by atoms with van der Waals surface area (Å²) in [6.45, 7) is -0.149. The van der Waals surface area contributed by atoms with E-state index in [-0.39, 0.29) is 18.8 Å². The summed E-state index contributed by atoms with van der Waals surface area (Å²) in [5, 5.41) is 16.3. The van der Waals surface area contributed by atoms with Crippen molar-refractivity contribution in [2.24, 2.45) is 0 Å². The van der Waals surface area contributed by atoms with Gasteiger partial charge in [-0.2, -0.15) is 5.10 Å². The molecule has 8 heteroatoms. The van der Waals surface area contributed by atoms with Gasteiger partial charge in [0.15, 0.2) is 0 Å². The van der Waals surface area contributed by atoms with Gasteiger partial charge in [-0.3, -0.25) is 4.79 Å². The van der Waals surface area contributed by atoms with Gasteiger partial charge in [0.1, 0.15) is 23.8 Å². The Bertz CT molecular complexity index is 1020. The smallest absolute Gasteiger partial charge is 0.354 e. The molecule has 2 N–H and O–H groups in total. The summed E-state index contributed by atoms with van der Waals surface area (Å²) in [6, 6.07) is 14.3. The number of aromatic nitrogens is 2. The van der Waals surface area contributed by atoms with Crippen LogP contribution in [0.4, 0.5) is 4.39 Å². The van der Waals surface area contributed by atoms with E-state index in [2.05, 4.69) is 10.4 Å². The van der Waals surface area contributed by atoms with Crippen LogP contribution in [0, 0.1) is 5.82 Å². The van der Waals surface area contributed by atoms with Crippen LogP contribution in [0.3, 0.4) is 0 Å². The SMILES string of the molecule is COc1cccc(-c2cc(C(=O)O)n(CC(=O)NCc3cccc(F)c3)n2)c1. The summed E-state index contributed by atoms with van der Waals surface area (Å²) in [6.07, 6.45) is 0. The molecule has 1 heterocycles. The number of nitrogens with zero attached hydrogens (tertiary/aromatic N) is 2. The molecular formula is C20H18FN3O4. The molecule has 0 atom stereocenters. The first-order valence-corrected chi connectivity index (χ1v) is 8.43. The largest absolute Gasteiger partial charge is 0.497 e. The van der Waals surface area contributed by atoms with Crippen LogP contribution in [0.25, 0.3) is 11.3 Å². The molecule has 1 amide bonds. The lowest BCUT2D eigenvalue weighted by Crippen LogP contribution is -2.28. The number of nitrogens with one attached hydrogen (secondary N) is 1. The molecule has 28 heavy (non-hydrogen) atoms. The van der Waals surface area contributed by atoms with E-state index < -0.39 is 17.7 Å². The molecule has 0 saturated carbocycles. The van der Waals surface area contributed by atoms with Gasteiger partial charge in [-0.05, 0) is 35.9 Å². The number of carbonyl (C=O) groups is 2. The lowest BCUT2D eigenvalue weighted by Gasteiger charge is -2.07. The molecule has 2 aromatic carbocycles. The summed E-state index contributed by atoms with van der Waals surface area (Å²) in [4.78, 5) is 23.7. The monoisotopic (exact) mass is 383 g/mol. The zero-order chi connectivity index (χ0) is 20.1. The van der Waals surface area contributed by atoms with Crippen LogP contribution >= 0.6 is 0 Å². The Morgan fingerprint density at radius 3 is 2.68 bits per heavy atom. The average Bonchev–Trinajstić information content (AvgIpc) is 3.10. The predicted octanol–water partition coefficient (Wildman–Crippen LogP) is 2.71. The fourth-order valence-corrected chi connectivity index (χ4v) is 2.67. The fourth-order valence-electron chi connectivity index (χ4n) is 2.67. The molecule has 1 aromatic heterocycles. The number of methoxy groups -OCH3 is 1. The second-order valence-corrected chi connectivity index (χ2v) is 6.02. The third kappa shape index (κ3) is 4.53. The minimum absolute atomic E-state index is 0.112. The molecule has 144 valence electrons. The number of carbonyl (C=O) groups excluding carboxylic acids is 1. The predicted molar refractivity (Wildman–Crippen MR) is 99.4 cm³/mol. The highest BCUT2D eigenvalue weighted by atomic mass is 19.1. The van der Waals surface area contributed by atoms with E-state index in [1.165, 1.54) is 25.3 Å². The maximum Gasteiger partial charge on any atom is 0.354 e. The van der Waals surface area contributed by atoms with Crippen molar-refractivity contribution in [3.05, 3.63) is 71.7 Å². The standard InChI is InChI=1S/C20H18FN3O4/c1-28-16-7-3-5-14(9-16)17-10-18(20(26)27)24(23-17)12-19(25)22-11-13-4-2-6-15(21)8-13/h2-10H,11-12H2,1H3,(H,22,25)(H,26,27). The van der Waals surface area contributed by atoms with Crippen molar-refractivity contribution in [3.63, 3.8) is 0 Å². The van der Waals surface area contributed by atoms with E-state index in [4.69, 9.17) is 4.74 Å². The van der Waals surface area contributed by atoms with Crippen molar-refractivity contribution < 1.29 is 23.8 Å². The normalized spacial score (nSPS) is 10.5. The number of carboxylic acid groups (broad SMARTS) is 1. The van der Waals surface area contributed by atoms with Crippen molar-refractivity contribution in [2.75, 3.05) is 7.11 Å². The second-order valence-electron chi connectivity index (χ2n) is 6.02. The molecule has 0 aliphatic carbocycles. The molecular weight excluding hydrogens is 365 g/mol. The van der Waals surface area contributed by atoms with Gasteiger partial charge in [-0.25, -0.2) is 13.9 Å². The summed E-state index contributed by atoms with van der Waals surface area (Å²) in [5.41, 5.74) is 1.57. The van der Waals surface area contributed by atoms with Crippen LogP contribution in [0.1, 0.15) is 16.1 Å². The number of benzene rings is 2. The summed E-state index contributed by atoms with van der Waals surface area (Å²) in [7, 11) is 1.53. The molecule has 0 aliphatic rings. The molecule has 0 bridgehead atoms. The van der Waals surface area contributed by atoms with Crippen LogP contribution < -0.4 is 10.1 Å². The maximum atomic E-state index is 13.2. The van der Waals surface area contributed by atoms with Gasteiger partial charge in [0, 0.05) is 12.1 Å². The summed E-state index contributed by atoms with van der Waals surface area (Å²) < 4.78 is 19.5. The van der Waals surface area contributed by atoms with Gasteiger partial charge in [0.2, 0.25) is 5.91 Å². The van der Waals surface area contributed by atoms with Crippen LogP contribution in [0.2, 0.25) is 0 Å². The number of rotatable bonds is 7. The Hall–Kier alpha value is -3.68. The van der Waals surface area contributed by atoms with Gasteiger partial charge in [-0.15, -0.1) is 0 Å². The third-order valence-electron chi connectivity index (χ3n) is 4.04. The Morgan fingerprint density at radius 1 is 1.18 bits per heavy atom. The van der Waals surface area contributed by atoms with Crippen LogP contribution in [-0.2, 0) is 17.9 Å². The zero-order valence-electron chi connectivity index (χ0n) is 15.1. The molecule has 0 saturated heterocycles. The molecule has 3 aromatic rings. The number of halogens is 1. The third-order valence-corrected chi connectivity index (χ3v) is 4.04. The number of hydrogen-bond acceptors (Lipinski definition) is 4. The van der Waals surface area contributed by atoms with Crippen LogP contribution in [0.5, 0.6) is 5.75 Å². The van der Waals surface area contributed by atoms with Gasteiger partial charge in [0.25, 0.3) is 0 Å². The van der Waals surface area contributed by atoms with E-state index in [0.29, 0.717) is 22.6 Å². The summed E-state index contributed by atoms with van der Waals surface area (Å²) >= 11 is 0. The Labute approximate surface area is 160 Å². The average molecular weight is 383 g/mol. The number of ether oxygens (including phenoxy) is 1. The molecule has 0 unspecified atom stereocenters. The van der Waals surface area contributed by atoms with Crippen molar-refractivity contribution in [1.82, 2.24) is 15.1 Å². The summed E-state index contributed by atoms with van der Waals surface area (Å²) in [5.74, 6) is -1.42. The quantitative estimate of drug-likeness (QED) is 0.654. The molecule has 0 radical (unpaired) electrons. The van der Waals surface area contributed by atoms with Crippen LogP contribution in [-0.4, -0.2) is 33.9 Å². The number of amides is 1. The number of aromatic carboxylic acids is 1. The fraction of sp³-hybridized carbons (Fsp3) is 0.150. The Balaban J connectivity index is 1.76. The number of carboxylic acids is 1. The van der Waals surface area contributed by atoms with E-state index in [1.54, 1.807) is 36.4 Å². The molecule has 0 fully saturated rings. The highest BCUT2D eigenvalue weighted by molar-refractivity contribution is 5.88. The van der Waals surface area contributed by atoms with Gasteiger partial charge in [-0.1, -0.05) is 24.3 Å². The Morgan fingerprint density at radius 2 is 1.96 bits per heavy atom. The van der Waals surface area contributed by atoms with Crippen molar-refractivity contribution in [2.45, 2.75) is 13.1 Å². The molecule has 7 nitrogen and oxygen atoms in total. The lowest BCUT2D eigenvalue weighted by molar-refractivity contribution is -0.122. The van der Waals surface area contributed by atoms with E-state index in [0.717, 1.165) is 4.68 Å². The molecule has 0 aliphatic heterocycles. The zero-order valence-corrected chi connectivity index (χ0v) is 15.1. The van der Waals surface area contributed by atoms with Crippen molar-refractivity contribution in [3.8, 4) is 17.0 Å². The maximum absolute atomic E-state index is 13.2. The topological polar surface area (TPSA) is 93.5 Å². The lowest BCUT2D eigenvalue weighted by atomic mass is 10.1. The molecule has 0 spiro atoms. The van der Waals surface area contributed by atoms with E-state index in [9.17, 15) is 19.1 Å². The first-order valence-electron chi connectivity index (χ1n) is 8.43. The van der Waals surface area contributed by atoms with E-state index in [1.807, 2.05) is 0 Å². The van der Waals surface area contributed by atoms with Crippen LogP contribution in [0.15, 0.2) is 54.6 Å². The Kier molecular flexibility index (Phi) is 5.69. The minimum atomic E-state index is -1.19.